The van der Waals surface area contributed by atoms with Gasteiger partial charge in [0.1, 0.15) is 11.6 Å². The van der Waals surface area contributed by atoms with Gasteiger partial charge in [0.05, 0.1) is 30.2 Å². The number of nitro groups is 1. The van der Waals surface area contributed by atoms with Crippen LogP contribution in [0.2, 0.25) is 0 Å². The standard InChI is InChI=1S/C18H16N4O6/c1-2-28-18(25)13(10-19)8-14-11-21(7-6-16(23)24)20-17(14)12-4-3-5-15(9-12)22(26)27/h3-5,8-9,11H,2,6-7H2,1H3,(H,23,24). The van der Waals surface area contributed by atoms with Crippen molar-refractivity contribution in [3.05, 3.63) is 51.7 Å². The van der Waals surface area contributed by atoms with Gasteiger partial charge < -0.3 is 9.84 Å². The highest BCUT2D eigenvalue weighted by molar-refractivity contribution is 5.98. The van der Waals surface area contributed by atoms with E-state index in [9.17, 15) is 25.0 Å². The number of carboxylic acids is 1. The van der Waals surface area contributed by atoms with Crippen LogP contribution in [0.25, 0.3) is 17.3 Å². The molecule has 1 aromatic heterocycles. The van der Waals surface area contributed by atoms with Crippen LogP contribution in [0.1, 0.15) is 18.9 Å². The lowest BCUT2D eigenvalue weighted by molar-refractivity contribution is -0.384. The molecule has 0 atom stereocenters. The van der Waals surface area contributed by atoms with Crippen LogP contribution in [0.3, 0.4) is 0 Å². The molecule has 0 radical (unpaired) electrons. The number of aliphatic carboxylic acids is 1. The molecule has 0 saturated carbocycles. The largest absolute Gasteiger partial charge is 0.481 e. The molecule has 1 aromatic carbocycles. The smallest absolute Gasteiger partial charge is 0.348 e. The van der Waals surface area contributed by atoms with Gasteiger partial charge in [0.15, 0.2) is 0 Å². The Labute approximate surface area is 159 Å². The number of hydrogen-bond donors (Lipinski definition) is 1. The van der Waals surface area contributed by atoms with Gasteiger partial charge in [-0.05, 0) is 13.0 Å². The first kappa shape index (κ1) is 20.3. The number of esters is 1. The normalized spacial score (nSPS) is 10.9. The van der Waals surface area contributed by atoms with Crippen LogP contribution in [0, 0.1) is 21.4 Å². The molecule has 1 heterocycles. The molecule has 0 aliphatic rings. The second-order valence-corrected chi connectivity index (χ2v) is 5.54. The topological polar surface area (TPSA) is 148 Å². The highest BCUT2D eigenvalue weighted by Gasteiger charge is 2.17. The highest BCUT2D eigenvalue weighted by atomic mass is 16.6. The molecule has 0 saturated heterocycles. The zero-order valence-electron chi connectivity index (χ0n) is 14.9. The number of rotatable bonds is 8. The first-order valence-corrected chi connectivity index (χ1v) is 8.18. The predicted octanol–water partition coefficient (Wildman–Crippen LogP) is 2.40. The first-order valence-electron chi connectivity index (χ1n) is 8.18. The summed E-state index contributed by atoms with van der Waals surface area (Å²) in [5.74, 6) is -1.83. The van der Waals surface area contributed by atoms with Gasteiger partial charge in [-0.25, -0.2) is 4.79 Å². The fraction of sp³-hybridized carbons (Fsp3) is 0.222. The molecule has 0 bridgehead atoms. The van der Waals surface area contributed by atoms with Gasteiger partial charge in [-0.15, -0.1) is 0 Å². The molecule has 2 rings (SSSR count). The number of aryl methyl sites for hydroxylation is 1. The lowest BCUT2D eigenvalue weighted by Gasteiger charge is -2.01. The number of ether oxygens (including phenoxy) is 1. The van der Waals surface area contributed by atoms with Crippen LogP contribution < -0.4 is 0 Å². The summed E-state index contributed by atoms with van der Waals surface area (Å²) in [6.07, 6.45) is 2.53. The summed E-state index contributed by atoms with van der Waals surface area (Å²) >= 11 is 0. The summed E-state index contributed by atoms with van der Waals surface area (Å²) in [4.78, 5) is 33.2. The zero-order chi connectivity index (χ0) is 20.7. The first-order chi connectivity index (χ1) is 13.3. The van der Waals surface area contributed by atoms with Crippen molar-refractivity contribution in [2.75, 3.05) is 6.61 Å². The Bertz CT molecular complexity index is 986. The molecule has 0 fully saturated rings. The molecule has 0 aliphatic carbocycles. The minimum absolute atomic E-state index is 0.0480. The summed E-state index contributed by atoms with van der Waals surface area (Å²) in [6.45, 7) is 1.74. The summed E-state index contributed by atoms with van der Waals surface area (Å²) < 4.78 is 6.17. The molecular formula is C18H16N4O6. The van der Waals surface area contributed by atoms with Crippen molar-refractivity contribution in [3.8, 4) is 17.3 Å². The quantitative estimate of drug-likeness (QED) is 0.240. The summed E-state index contributed by atoms with van der Waals surface area (Å²) in [7, 11) is 0. The molecule has 10 nitrogen and oxygen atoms in total. The maximum atomic E-state index is 11.9. The maximum absolute atomic E-state index is 11.9. The van der Waals surface area contributed by atoms with E-state index in [0.29, 0.717) is 11.1 Å². The second kappa shape index (κ2) is 9.09. The molecule has 0 spiro atoms. The Morgan fingerprint density at radius 1 is 1.46 bits per heavy atom. The third-order valence-corrected chi connectivity index (χ3v) is 3.59. The fourth-order valence-electron chi connectivity index (χ4n) is 2.36. The third kappa shape index (κ3) is 5.01. The Kier molecular flexibility index (Phi) is 6.59. The van der Waals surface area contributed by atoms with Crippen LogP contribution in [-0.2, 0) is 20.9 Å². The van der Waals surface area contributed by atoms with Crippen molar-refractivity contribution in [2.45, 2.75) is 19.9 Å². The van der Waals surface area contributed by atoms with E-state index < -0.39 is 16.9 Å². The number of nitriles is 1. The number of non-ortho nitro benzene ring substituents is 1. The summed E-state index contributed by atoms with van der Waals surface area (Å²) in [5, 5.41) is 33.4. The molecule has 28 heavy (non-hydrogen) atoms. The number of nitrogens with zero attached hydrogens (tertiary/aromatic N) is 4. The van der Waals surface area contributed by atoms with E-state index in [1.165, 1.54) is 35.2 Å². The molecule has 0 aliphatic heterocycles. The average molecular weight is 384 g/mol. The van der Waals surface area contributed by atoms with Crippen molar-refractivity contribution in [3.63, 3.8) is 0 Å². The molecule has 2 aromatic rings. The van der Waals surface area contributed by atoms with Crippen molar-refractivity contribution >= 4 is 23.7 Å². The van der Waals surface area contributed by atoms with E-state index in [1.807, 2.05) is 0 Å². The van der Waals surface area contributed by atoms with Crippen molar-refractivity contribution < 1.29 is 24.4 Å². The molecule has 0 unspecified atom stereocenters. The summed E-state index contributed by atoms with van der Waals surface area (Å²) in [5.41, 5.74) is 0.557. The number of hydrogen-bond acceptors (Lipinski definition) is 7. The van der Waals surface area contributed by atoms with Gasteiger partial charge in [0, 0.05) is 29.5 Å². The third-order valence-electron chi connectivity index (χ3n) is 3.59. The number of aromatic nitrogens is 2. The van der Waals surface area contributed by atoms with Gasteiger partial charge in [-0.1, -0.05) is 12.1 Å². The number of nitro benzene ring substituents is 1. The van der Waals surface area contributed by atoms with Crippen LogP contribution >= 0.6 is 0 Å². The van der Waals surface area contributed by atoms with Crippen molar-refractivity contribution in [2.24, 2.45) is 0 Å². The molecule has 1 N–H and O–H groups in total. The van der Waals surface area contributed by atoms with E-state index in [2.05, 4.69) is 5.10 Å². The number of benzene rings is 1. The van der Waals surface area contributed by atoms with E-state index in [4.69, 9.17) is 9.84 Å². The van der Waals surface area contributed by atoms with Crippen molar-refractivity contribution in [1.82, 2.24) is 9.78 Å². The van der Waals surface area contributed by atoms with Gasteiger partial charge in [0.2, 0.25) is 0 Å². The number of carboxylic acid groups (broad SMARTS) is 1. The molecular weight excluding hydrogens is 368 g/mol. The average Bonchev–Trinajstić information content (AvgIpc) is 3.07. The second-order valence-electron chi connectivity index (χ2n) is 5.54. The van der Waals surface area contributed by atoms with Gasteiger partial charge in [-0.3, -0.25) is 19.6 Å². The van der Waals surface area contributed by atoms with Gasteiger partial charge in [-0.2, -0.15) is 10.4 Å². The molecule has 10 heteroatoms. The minimum Gasteiger partial charge on any atom is -0.481 e. The number of carbonyl (C=O) groups excluding carboxylic acids is 1. The van der Waals surface area contributed by atoms with Gasteiger partial charge >= 0.3 is 11.9 Å². The lowest BCUT2D eigenvalue weighted by atomic mass is 10.1. The molecule has 144 valence electrons. The Morgan fingerprint density at radius 3 is 2.82 bits per heavy atom. The van der Waals surface area contributed by atoms with Gasteiger partial charge in [0.25, 0.3) is 5.69 Å². The van der Waals surface area contributed by atoms with Crippen LogP contribution in [0.4, 0.5) is 5.69 Å². The zero-order valence-corrected chi connectivity index (χ0v) is 14.9. The SMILES string of the molecule is CCOC(=O)C(C#N)=Cc1cn(CCC(=O)O)nc1-c1cccc([N+](=O)[O-])c1. The highest BCUT2D eigenvalue weighted by Crippen LogP contribution is 2.27. The lowest BCUT2D eigenvalue weighted by Crippen LogP contribution is -2.06. The Hall–Kier alpha value is -4.00. The predicted molar refractivity (Wildman–Crippen MR) is 96.8 cm³/mol. The number of carbonyl (C=O) groups is 2. The van der Waals surface area contributed by atoms with E-state index in [-0.39, 0.29) is 36.5 Å². The monoisotopic (exact) mass is 384 g/mol. The summed E-state index contributed by atoms with van der Waals surface area (Å²) in [6, 6.07) is 7.44. The van der Waals surface area contributed by atoms with Crippen LogP contribution in [-0.4, -0.2) is 38.4 Å². The Morgan fingerprint density at radius 2 is 2.21 bits per heavy atom. The maximum Gasteiger partial charge on any atom is 0.348 e. The van der Waals surface area contributed by atoms with E-state index in [1.54, 1.807) is 19.1 Å². The van der Waals surface area contributed by atoms with E-state index >= 15 is 0 Å². The minimum atomic E-state index is -1.02. The molecule has 0 amide bonds. The van der Waals surface area contributed by atoms with Crippen LogP contribution in [0.5, 0.6) is 0 Å². The van der Waals surface area contributed by atoms with Crippen LogP contribution in [0.15, 0.2) is 36.0 Å². The van der Waals surface area contributed by atoms with Crippen molar-refractivity contribution in [1.29, 1.82) is 5.26 Å². The van der Waals surface area contributed by atoms with E-state index in [0.717, 1.165) is 0 Å². The fourth-order valence-corrected chi connectivity index (χ4v) is 2.36. The Balaban J connectivity index is 2.55.